The molecule has 2 heterocycles. The van der Waals surface area contributed by atoms with Crippen LogP contribution in [0.25, 0.3) is 104 Å². The second kappa shape index (κ2) is 16.5. The van der Waals surface area contributed by atoms with Crippen LogP contribution in [0.2, 0.25) is 0 Å². The molecule has 0 unspecified atom stereocenters. The monoisotopic (exact) mass is 864 g/mol. The molecule has 0 aliphatic rings. The van der Waals surface area contributed by atoms with Gasteiger partial charge in [0.15, 0.2) is 0 Å². The highest BCUT2D eigenvalue weighted by Gasteiger charge is 2.21. The number of pyridine rings is 1. The van der Waals surface area contributed by atoms with Gasteiger partial charge in [-0.15, -0.1) is 0 Å². The van der Waals surface area contributed by atoms with E-state index >= 15 is 0 Å². The minimum Gasteiger partial charge on any atom is -0.315 e. The number of benzene rings is 11. The lowest BCUT2D eigenvalue weighted by molar-refractivity contribution is 1.26. The highest BCUT2D eigenvalue weighted by Crippen LogP contribution is 2.45. The summed E-state index contributed by atoms with van der Waals surface area (Å²) in [5, 5.41) is 8.82. The summed E-state index contributed by atoms with van der Waals surface area (Å²) in [5.41, 5.74) is 17.8. The summed E-state index contributed by atoms with van der Waals surface area (Å²) in [4.78, 5) is 2.37. The van der Waals surface area contributed by atoms with Crippen molar-refractivity contribution in [1.29, 1.82) is 0 Å². The zero-order chi connectivity index (χ0) is 45.0. The van der Waals surface area contributed by atoms with Crippen LogP contribution >= 0.6 is 0 Å². The molecule has 318 valence electrons. The second-order valence-corrected chi connectivity index (χ2v) is 17.7. The van der Waals surface area contributed by atoms with Crippen molar-refractivity contribution in [3.8, 4) is 55.6 Å². The Hall–Kier alpha value is -8.98. The van der Waals surface area contributed by atoms with Gasteiger partial charge in [-0.05, 0) is 132 Å². The van der Waals surface area contributed by atoms with E-state index in [9.17, 15) is 0 Å². The van der Waals surface area contributed by atoms with E-state index in [1.165, 1.54) is 104 Å². The van der Waals surface area contributed by atoms with E-state index in [2.05, 4.69) is 276 Å². The Labute approximate surface area is 395 Å². The predicted molar refractivity (Wildman–Crippen MR) is 289 cm³/mol. The number of aromatic nitrogens is 1. The lowest BCUT2D eigenvalue weighted by Crippen LogP contribution is -2.09. The first-order chi connectivity index (χ1) is 33.7. The molecular weight excluding hydrogens is 821 g/mol. The van der Waals surface area contributed by atoms with E-state index in [1.54, 1.807) is 0 Å². The molecule has 0 fully saturated rings. The van der Waals surface area contributed by atoms with Gasteiger partial charge in [-0.25, -0.2) is 0 Å². The topological polar surface area (TPSA) is 7.65 Å². The first-order valence-corrected chi connectivity index (χ1v) is 23.4. The molecule has 0 aliphatic carbocycles. The lowest BCUT2D eigenvalue weighted by atomic mass is 9.92. The third-order valence-corrected chi connectivity index (χ3v) is 13.8. The molecule has 0 saturated heterocycles. The smallest absolute Gasteiger partial charge is 0.0620 e. The minimum atomic E-state index is 1.09. The fourth-order valence-electron chi connectivity index (χ4n) is 10.5. The molecular formula is C66H44N2. The second-order valence-electron chi connectivity index (χ2n) is 17.7. The van der Waals surface area contributed by atoms with Gasteiger partial charge in [0.1, 0.15) is 0 Å². The molecule has 2 aromatic heterocycles. The van der Waals surface area contributed by atoms with Crippen LogP contribution in [-0.4, -0.2) is 4.40 Å². The fraction of sp³-hybridized carbons (Fsp3) is 0. The van der Waals surface area contributed by atoms with Crippen molar-refractivity contribution in [3.63, 3.8) is 0 Å². The van der Waals surface area contributed by atoms with Crippen LogP contribution in [-0.2, 0) is 0 Å². The Morgan fingerprint density at radius 2 is 0.735 bits per heavy atom. The summed E-state index contributed by atoms with van der Waals surface area (Å²) in [5.74, 6) is 0. The number of hydrogen-bond acceptors (Lipinski definition) is 1. The third kappa shape index (κ3) is 6.73. The van der Waals surface area contributed by atoms with Crippen molar-refractivity contribution < 1.29 is 0 Å². The van der Waals surface area contributed by atoms with Gasteiger partial charge in [-0.1, -0.05) is 206 Å². The molecule has 0 spiro atoms. The molecule has 13 rings (SSSR count). The molecule has 0 aliphatic heterocycles. The van der Waals surface area contributed by atoms with Crippen LogP contribution in [0.15, 0.2) is 267 Å². The highest BCUT2D eigenvalue weighted by molar-refractivity contribution is 6.30. The lowest BCUT2D eigenvalue weighted by Gasteiger charge is -2.26. The maximum absolute atomic E-state index is 2.40. The molecule has 11 aromatic carbocycles. The Balaban J connectivity index is 0.910. The van der Waals surface area contributed by atoms with E-state index in [1.807, 2.05) is 0 Å². The normalized spacial score (nSPS) is 11.5. The third-order valence-electron chi connectivity index (χ3n) is 13.8. The number of rotatable bonds is 8. The Bertz CT molecular complexity index is 3960. The average Bonchev–Trinajstić information content (AvgIpc) is 3.78. The van der Waals surface area contributed by atoms with Gasteiger partial charge < -0.3 is 9.30 Å². The summed E-state index contributed by atoms with van der Waals surface area (Å²) >= 11 is 0. The Morgan fingerprint density at radius 1 is 0.279 bits per heavy atom. The van der Waals surface area contributed by atoms with E-state index < -0.39 is 0 Å². The van der Waals surface area contributed by atoms with Gasteiger partial charge in [0.05, 0.1) is 11.0 Å². The standard InChI is InChI=1S/C66H44N2/c1-3-14-45(15-4-1)46-25-27-47(28-26-46)48-29-36-54(37-30-48)68(56-40-33-51(34-41-56)58-23-13-19-50-16-7-8-20-57(50)58)55-38-31-49(32-39-55)53-35-42-60-59-21-9-10-22-61(59)65-64(52-17-5-2-6-18-52)63-24-11-12-43-67(63)66(65)62(60)44-53/h1-44H. The fourth-order valence-corrected chi connectivity index (χ4v) is 10.5. The first kappa shape index (κ1) is 39.4. The number of nitrogens with zero attached hydrogens (tertiary/aromatic N) is 2. The molecule has 0 atom stereocenters. The maximum atomic E-state index is 2.40. The number of hydrogen-bond donors (Lipinski definition) is 0. The maximum Gasteiger partial charge on any atom is 0.0620 e. The highest BCUT2D eigenvalue weighted by atomic mass is 15.1. The van der Waals surface area contributed by atoms with Crippen molar-refractivity contribution in [2.24, 2.45) is 0 Å². The summed E-state index contributed by atoms with van der Waals surface area (Å²) in [6, 6.07) is 95.1. The molecule has 13 aromatic rings. The SMILES string of the molecule is c1ccc(-c2ccc(-c3ccc(N(c4ccc(-c5ccc6c7ccccc7c7c(-c8ccccc8)c8ccccn8c7c6c5)cc4)c4ccc(-c5cccc6ccccc56)cc4)cc3)cc2)cc1. The van der Waals surface area contributed by atoms with Crippen LogP contribution in [0, 0.1) is 0 Å². The van der Waals surface area contributed by atoms with Crippen LogP contribution in [0.3, 0.4) is 0 Å². The Morgan fingerprint density at radius 3 is 1.38 bits per heavy atom. The van der Waals surface area contributed by atoms with E-state index in [0.717, 1.165) is 17.1 Å². The van der Waals surface area contributed by atoms with E-state index in [4.69, 9.17) is 0 Å². The number of fused-ring (bicyclic) bond motifs is 9. The molecule has 0 N–H and O–H groups in total. The largest absolute Gasteiger partial charge is 0.315 e. The molecule has 0 amide bonds. The van der Waals surface area contributed by atoms with Crippen molar-refractivity contribution in [3.05, 3.63) is 267 Å². The van der Waals surface area contributed by atoms with Gasteiger partial charge in [0.25, 0.3) is 0 Å². The summed E-state index contributed by atoms with van der Waals surface area (Å²) in [7, 11) is 0. The van der Waals surface area contributed by atoms with Gasteiger partial charge in [-0.3, -0.25) is 0 Å². The molecule has 0 bridgehead atoms. The molecule has 2 heteroatoms. The molecule has 0 radical (unpaired) electrons. The van der Waals surface area contributed by atoms with Gasteiger partial charge in [0, 0.05) is 39.6 Å². The summed E-state index contributed by atoms with van der Waals surface area (Å²) in [6.07, 6.45) is 2.22. The van der Waals surface area contributed by atoms with Crippen molar-refractivity contribution in [2.45, 2.75) is 0 Å². The molecule has 0 saturated carbocycles. The predicted octanol–water partition coefficient (Wildman–Crippen LogP) is 18.4. The zero-order valence-corrected chi connectivity index (χ0v) is 37.3. The van der Waals surface area contributed by atoms with Crippen molar-refractivity contribution in [1.82, 2.24) is 4.40 Å². The van der Waals surface area contributed by atoms with Crippen LogP contribution in [0.1, 0.15) is 0 Å². The minimum absolute atomic E-state index is 1.09. The average molecular weight is 865 g/mol. The summed E-state index contributed by atoms with van der Waals surface area (Å²) < 4.78 is 2.40. The quantitative estimate of drug-likeness (QED) is 0.138. The molecule has 2 nitrogen and oxygen atoms in total. The molecule has 68 heavy (non-hydrogen) atoms. The van der Waals surface area contributed by atoms with Crippen molar-refractivity contribution in [2.75, 3.05) is 4.90 Å². The summed E-state index contributed by atoms with van der Waals surface area (Å²) in [6.45, 7) is 0. The van der Waals surface area contributed by atoms with Gasteiger partial charge in [-0.2, -0.15) is 0 Å². The van der Waals surface area contributed by atoms with Crippen LogP contribution in [0.5, 0.6) is 0 Å². The van der Waals surface area contributed by atoms with E-state index in [-0.39, 0.29) is 0 Å². The van der Waals surface area contributed by atoms with E-state index in [0.29, 0.717) is 0 Å². The van der Waals surface area contributed by atoms with Crippen LogP contribution in [0.4, 0.5) is 17.1 Å². The van der Waals surface area contributed by atoms with Crippen molar-refractivity contribution >= 4 is 65.8 Å². The number of anilines is 3. The van der Waals surface area contributed by atoms with Crippen LogP contribution < -0.4 is 4.90 Å². The Kier molecular flexibility index (Phi) is 9.54. The van der Waals surface area contributed by atoms with Gasteiger partial charge in [0.2, 0.25) is 0 Å². The van der Waals surface area contributed by atoms with Gasteiger partial charge >= 0.3 is 0 Å². The zero-order valence-electron chi connectivity index (χ0n) is 37.3. The first-order valence-electron chi connectivity index (χ1n) is 23.4.